The fourth-order valence-corrected chi connectivity index (χ4v) is 1.85. The van der Waals surface area contributed by atoms with Crippen molar-refractivity contribution < 1.29 is 14.7 Å². The van der Waals surface area contributed by atoms with Crippen LogP contribution < -0.4 is 5.32 Å². The first-order valence-corrected chi connectivity index (χ1v) is 6.34. The molecule has 0 radical (unpaired) electrons. The van der Waals surface area contributed by atoms with Crippen LogP contribution in [0.25, 0.3) is 0 Å². The third-order valence-electron chi connectivity index (χ3n) is 2.66. The van der Waals surface area contributed by atoms with E-state index >= 15 is 0 Å². The Hall–Kier alpha value is -1.98. The van der Waals surface area contributed by atoms with Gasteiger partial charge in [-0.3, -0.25) is 0 Å². The maximum Gasteiger partial charge on any atom is 0.354 e. The molecule has 0 aliphatic heterocycles. The number of carbonyl (C=O) groups excluding carboxylic acids is 1. The van der Waals surface area contributed by atoms with Crippen LogP contribution in [0.5, 0.6) is 0 Å². The van der Waals surface area contributed by atoms with Crippen LogP contribution in [0.1, 0.15) is 37.0 Å². The first kappa shape index (κ1) is 15.1. The van der Waals surface area contributed by atoms with Crippen molar-refractivity contribution in [2.45, 2.75) is 27.7 Å². The highest BCUT2D eigenvalue weighted by atomic mass is 16.4. The quantitative estimate of drug-likeness (QED) is 0.766. The number of aromatic carboxylic acids is 1. The van der Waals surface area contributed by atoms with Gasteiger partial charge in [0.15, 0.2) is 0 Å². The van der Waals surface area contributed by atoms with Gasteiger partial charge in [0.2, 0.25) is 0 Å². The van der Waals surface area contributed by atoms with Gasteiger partial charge in [-0.1, -0.05) is 13.8 Å². The smallest absolute Gasteiger partial charge is 0.354 e. The van der Waals surface area contributed by atoms with Crippen molar-refractivity contribution in [2.75, 3.05) is 18.4 Å². The van der Waals surface area contributed by atoms with E-state index in [-0.39, 0.29) is 11.7 Å². The Kier molecular flexibility index (Phi) is 4.97. The zero-order valence-corrected chi connectivity index (χ0v) is 11.8. The number of aromatic nitrogens is 1. The topological polar surface area (TPSA) is 85.4 Å². The number of aromatic amines is 1. The number of hydrogen-bond donors (Lipinski definition) is 3. The van der Waals surface area contributed by atoms with Gasteiger partial charge in [-0.25, -0.2) is 9.59 Å². The average molecular weight is 267 g/mol. The molecule has 0 saturated heterocycles. The molecule has 1 heterocycles. The molecular formula is C13H21N3O3. The van der Waals surface area contributed by atoms with Crippen LogP contribution in [0, 0.1) is 12.8 Å². The lowest BCUT2D eigenvalue weighted by Crippen LogP contribution is -2.37. The summed E-state index contributed by atoms with van der Waals surface area (Å²) < 4.78 is 0. The molecular weight excluding hydrogens is 246 g/mol. The maximum absolute atomic E-state index is 12.1. The van der Waals surface area contributed by atoms with Crippen LogP contribution in [-0.2, 0) is 0 Å². The van der Waals surface area contributed by atoms with E-state index in [0.717, 1.165) is 0 Å². The predicted molar refractivity (Wildman–Crippen MR) is 73.6 cm³/mol. The summed E-state index contributed by atoms with van der Waals surface area (Å²) in [7, 11) is 0. The predicted octanol–water partition coefficient (Wildman–Crippen LogP) is 2.53. The minimum absolute atomic E-state index is 0.00597. The number of H-pyrrole nitrogens is 1. The van der Waals surface area contributed by atoms with Crippen molar-refractivity contribution in [3.05, 3.63) is 17.5 Å². The monoisotopic (exact) mass is 267 g/mol. The van der Waals surface area contributed by atoms with Crippen LogP contribution in [0.15, 0.2) is 6.07 Å². The van der Waals surface area contributed by atoms with Gasteiger partial charge in [0.05, 0.1) is 5.69 Å². The number of amides is 2. The summed E-state index contributed by atoms with van der Waals surface area (Å²) in [4.78, 5) is 27.5. The number of nitrogens with zero attached hydrogens (tertiary/aromatic N) is 1. The second-order valence-electron chi connectivity index (χ2n) is 4.91. The maximum atomic E-state index is 12.1. The van der Waals surface area contributed by atoms with Crippen molar-refractivity contribution in [3.8, 4) is 0 Å². The Morgan fingerprint density at radius 2 is 2.11 bits per heavy atom. The number of hydrogen-bond acceptors (Lipinski definition) is 2. The molecule has 0 unspecified atom stereocenters. The summed E-state index contributed by atoms with van der Waals surface area (Å²) in [5, 5.41) is 11.7. The first-order valence-electron chi connectivity index (χ1n) is 6.34. The van der Waals surface area contributed by atoms with Crippen LogP contribution in [0.4, 0.5) is 10.5 Å². The Morgan fingerprint density at radius 1 is 1.47 bits per heavy atom. The van der Waals surface area contributed by atoms with E-state index in [1.807, 2.05) is 20.8 Å². The Bertz CT molecular complexity index is 466. The third-order valence-corrected chi connectivity index (χ3v) is 2.66. The van der Waals surface area contributed by atoms with Gasteiger partial charge in [0, 0.05) is 18.8 Å². The zero-order valence-electron chi connectivity index (χ0n) is 11.8. The molecule has 0 bridgehead atoms. The molecule has 6 nitrogen and oxygen atoms in total. The van der Waals surface area contributed by atoms with Crippen molar-refractivity contribution in [2.24, 2.45) is 5.92 Å². The Balaban J connectivity index is 2.83. The van der Waals surface area contributed by atoms with Crippen molar-refractivity contribution in [3.63, 3.8) is 0 Å². The average Bonchev–Trinajstić information content (AvgIpc) is 2.66. The van der Waals surface area contributed by atoms with E-state index in [9.17, 15) is 9.59 Å². The van der Waals surface area contributed by atoms with E-state index in [1.165, 1.54) is 0 Å². The molecule has 0 aromatic carbocycles. The molecule has 1 aromatic heterocycles. The number of carboxylic acid groups (broad SMARTS) is 1. The molecule has 1 rings (SSSR count). The summed E-state index contributed by atoms with van der Waals surface area (Å²) in [6, 6.07) is 1.34. The van der Waals surface area contributed by atoms with Gasteiger partial charge < -0.3 is 20.3 Å². The van der Waals surface area contributed by atoms with Crippen molar-refractivity contribution >= 4 is 17.7 Å². The zero-order chi connectivity index (χ0) is 14.6. The van der Waals surface area contributed by atoms with E-state index in [1.54, 1.807) is 17.9 Å². The number of carboxylic acids is 1. The van der Waals surface area contributed by atoms with Gasteiger partial charge in [-0.05, 0) is 25.8 Å². The minimum atomic E-state index is -1.09. The summed E-state index contributed by atoms with van der Waals surface area (Å²) in [5.41, 5.74) is 1.00. The van der Waals surface area contributed by atoms with Gasteiger partial charge >= 0.3 is 12.0 Å². The fraction of sp³-hybridized carbons (Fsp3) is 0.538. The Morgan fingerprint density at radius 3 is 2.58 bits per heavy atom. The molecule has 0 fully saturated rings. The molecule has 106 valence electrons. The number of rotatable bonds is 5. The SMILES string of the molecule is CCN(CC(C)C)C(=O)Nc1cc(C)[nH]c1C(=O)O. The van der Waals surface area contributed by atoms with Crippen LogP contribution in [0.3, 0.4) is 0 Å². The van der Waals surface area contributed by atoms with E-state index in [0.29, 0.717) is 30.4 Å². The number of carbonyl (C=O) groups is 2. The normalized spacial score (nSPS) is 10.6. The lowest BCUT2D eigenvalue weighted by molar-refractivity contribution is 0.0692. The van der Waals surface area contributed by atoms with Gasteiger partial charge in [0.1, 0.15) is 5.69 Å². The molecule has 6 heteroatoms. The number of urea groups is 1. The summed E-state index contributed by atoms with van der Waals surface area (Å²) in [5.74, 6) is -0.729. The van der Waals surface area contributed by atoms with Crippen LogP contribution in [-0.4, -0.2) is 40.1 Å². The van der Waals surface area contributed by atoms with Gasteiger partial charge in [-0.15, -0.1) is 0 Å². The molecule has 1 aromatic rings. The van der Waals surface area contributed by atoms with E-state index < -0.39 is 5.97 Å². The number of nitrogens with one attached hydrogen (secondary N) is 2. The standard InChI is InChI=1S/C13H21N3O3/c1-5-16(7-8(2)3)13(19)15-10-6-9(4)14-11(10)12(17)18/h6,8,14H,5,7H2,1-4H3,(H,15,19)(H,17,18). The molecule has 2 amide bonds. The molecule has 3 N–H and O–H groups in total. The highest BCUT2D eigenvalue weighted by Crippen LogP contribution is 2.17. The van der Waals surface area contributed by atoms with Crippen molar-refractivity contribution in [1.82, 2.24) is 9.88 Å². The molecule has 0 atom stereocenters. The van der Waals surface area contributed by atoms with Gasteiger partial charge in [0.25, 0.3) is 0 Å². The molecule has 0 aliphatic rings. The van der Waals surface area contributed by atoms with Crippen LogP contribution >= 0.6 is 0 Å². The molecule has 0 saturated carbocycles. The molecule has 0 aliphatic carbocycles. The third kappa shape index (κ3) is 4.01. The van der Waals surface area contributed by atoms with E-state index in [4.69, 9.17) is 5.11 Å². The lowest BCUT2D eigenvalue weighted by Gasteiger charge is -2.23. The molecule has 0 spiro atoms. The number of aryl methyl sites for hydroxylation is 1. The van der Waals surface area contributed by atoms with Gasteiger partial charge in [-0.2, -0.15) is 0 Å². The summed E-state index contributed by atoms with van der Waals surface area (Å²) in [6.45, 7) is 8.90. The fourth-order valence-electron chi connectivity index (χ4n) is 1.85. The number of anilines is 1. The second-order valence-corrected chi connectivity index (χ2v) is 4.91. The first-order chi connectivity index (χ1) is 8.85. The lowest BCUT2D eigenvalue weighted by atomic mass is 10.2. The second kappa shape index (κ2) is 6.26. The summed E-state index contributed by atoms with van der Waals surface area (Å²) in [6.07, 6.45) is 0. The molecule has 19 heavy (non-hydrogen) atoms. The van der Waals surface area contributed by atoms with E-state index in [2.05, 4.69) is 10.3 Å². The van der Waals surface area contributed by atoms with Crippen LogP contribution in [0.2, 0.25) is 0 Å². The highest BCUT2D eigenvalue weighted by molar-refractivity contribution is 5.99. The largest absolute Gasteiger partial charge is 0.477 e. The van der Waals surface area contributed by atoms with Crippen molar-refractivity contribution in [1.29, 1.82) is 0 Å². The summed E-state index contributed by atoms with van der Waals surface area (Å²) >= 11 is 0. The Labute approximate surface area is 112 Å². The minimum Gasteiger partial charge on any atom is -0.477 e. The highest BCUT2D eigenvalue weighted by Gasteiger charge is 2.18.